The minimum Gasteiger partial charge on any atom is -0.445 e. The van der Waals surface area contributed by atoms with E-state index in [1.165, 1.54) is 5.56 Å². The molecule has 0 saturated carbocycles. The molecule has 0 spiro atoms. The average molecular weight is 522 g/mol. The number of benzene rings is 2. The Morgan fingerprint density at radius 2 is 1.39 bits per heavy atom. The van der Waals surface area contributed by atoms with E-state index in [2.05, 4.69) is 17.4 Å². The highest BCUT2D eigenvalue weighted by Crippen LogP contribution is 2.30. The van der Waals surface area contributed by atoms with Crippen molar-refractivity contribution < 1.29 is 23.9 Å². The molecule has 8 heteroatoms. The molecule has 2 aliphatic rings. The molecule has 2 aromatic rings. The Balaban J connectivity index is 1.19. The van der Waals surface area contributed by atoms with Crippen LogP contribution in [0.1, 0.15) is 63.5 Å². The first-order valence-corrected chi connectivity index (χ1v) is 13.5. The molecule has 2 fully saturated rings. The third kappa shape index (κ3) is 7.73. The summed E-state index contributed by atoms with van der Waals surface area (Å²) in [7, 11) is 0. The summed E-state index contributed by atoms with van der Waals surface area (Å²) in [5.74, 6) is 0.232. The third-order valence-corrected chi connectivity index (χ3v) is 7.13. The highest BCUT2D eigenvalue weighted by Gasteiger charge is 2.29. The van der Waals surface area contributed by atoms with Gasteiger partial charge in [0.05, 0.1) is 0 Å². The summed E-state index contributed by atoms with van der Waals surface area (Å²) in [6, 6.07) is 17.6. The van der Waals surface area contributed by atoms with Gasteiger partial charge in [0.1, 0.15) is 12.2 Å². The molecule has 0 bridgehead atoms. The van der Waals surface area contributed by atoms with Gasteiger partial charge in [-0.2, -0.15) is 0 Å². The van der Waals surface area contributed by atoms with Gasteiger partial charge in [-0.05, 0) is 75.6 Å². The van der Waals surface area contributed by atoms with E-state index in [1.807, 2.05) is 63.2 Å². The van der Waals surface area contributed by atoms with Gasteiger partial charge in [0.2, 0.25) is 5.91 Å². The van der Waals surface area contributed by atoms with Crippen LogP contribution in [0.5, 0.6) is 0 Å². The maximum Gasteiger partial charge on any atom is 0.410 e. The van der Waals surface area contributed by atoms with Gasteiger partial charge in [-0.25, -0.2) is 9.59 Å². The lowest BCUT2D eigenvalue weighted by molar-refractivity contribution is -0.121. The van der Waals surface area contributed by atoms with Crippen LogP contribution in [0, 0.1) is 5.92 Å². The predicted octanol–water partition coefficient (Wildman–Crippen LogP) is 5.79. The number of likely N-dealkylation sites (tertiary alicyclic amines) is 2. The van der Waals surface area contributed by atoms with Gasteiger partial charge < -0.3 is 24.6 Å². The highest BCUT2D eigenvalue weighted by atomic mass is 16.6. The van der Waals surface area contributed by atoms with Crippen molar-refractivity contribution in [2.24, 2.45) is 5.92 Å². The van der Waals surface area contributed by atoms with Crippen molar-refractivity contribution in [3.63, 3.8) is 0 Å². The summed E-state index contributed by atoms with van der Waals surface area (Å²) >= 11 is 0. The summed E-state index contributed by atoms with van der Waals surface area (Å²) in [5.41, 5.74) is 2.45. The number of nitrogens with zero attached hydrogens (tertiary/aromatic N) is 2. The summed E-state index contributed by atoms with van der Waals surface area (Å²) in [6.07, 6.45) is 2.42. The lowest BCUT2D eigenvalue weighted by atomic mass is 9.89. The summed E-state index contributed by atoms with van der Waals surface area (Å²) in [5, 5.41) is 3.03. The Morgan fingerprint density at radius 1 is 0.816 bits per heavy atom. The van der Waals surface area contributed by atoms with Crippen LogP contribution in [0.4, 0.5) is 15.3 Å². The largest absolute Gasteiger partial charge is 0.445 e. The van der Waals surface area contributed by atoms with Crippen LogP contribution >= 0.6 is 0 Å². The smallest absolute Gasteiger partial charge is 0.410 e. The minimum atomic E-state index is -0.487. The molecule has 4 rings (SSSR count). The van der Waals surface area contributed by atoms with Crippen LogP contribution in [0.3, 0.4) is 0 Å². The van der Waals surface area contributed by atoms with Crippen molar-refractivity contribution in [1.29, 1.82) is 0 Å². The van der Waals surface area contributed by atoms with Gasteiger partial charge in [-0.15, -0.1) is 0 Å². The Hall–Kier alpha value is -3.55. The molecule has 1 N–H and O–H groups in total. The average Bonchev–Trinajstić information content (AvgIpc) is 2.92. The van der Waals surface area contributed by atoms with E-state index in [-0.39, 0.29) is 30.6 Å². The number of carbonyl (C=O) groups excluding carboxylic acids is 3. The Labute approximate surface area is 225 Å². The monoisotopic (exact) mass is 521 g/mol. The van der Waals surface area contributed by atoms with Crippen molar-refractivity contribution >= 4 is 23.8 Å². The topological polar surface area (TPSA) is 88.2 Å². The molecular weight excluding hydrogens is 482 g/mol. The van der Waals surface area contributed by atoms with Gasteiger partial charge in [-0.1, -0.05) is 42.5 Å². The lowest BCUT2D eigenvalue weighted by Crippen LogP contribution is -2.41. The van der Waals surface area contributed by atoms with Crippen LogP contribution in [0.15, 0.2) is 54.6 Å². The molecule has 0 radical (unpaired) electrons. The number of carbonyl (C=O) groups is 3. The first-order chi connectivity index (χ1) is 18.2. The second kappa shape index (κ2) is 12.3. The molecule has 0 atom stereocenters. The van der Waals surface area contributed by atoms with Crippen LogP contribution < -0.4 is 5.32 Å². The highest BCUT2D eigenvalue weighted by molar-refractivity contribution is 5.92. The molecule has 38 heavy (non-hydrogen) atoms. The van der Waals surface area contributed by atoms with E-state index < -0.39 is 5.60 Å². The Morgan fingerprint density at radius 3 is 2.00 bits per heavy atom. The standard InChI is InChI=1S/C30H39N3O5/c1-30(2,3)38-29(36)33-17-13-24(14-18-33)23-9-11-26(12-10-23)31-27(34)25-15-19-32(20-16-25)28(35)37-21-22-7-5-4-6-8-22/h4-12,24-25H,13-21H2,1-3H3,(H,31,34). The van der Waals surface area contributed by atoms with Crippen LogP contribution in [-0.2, 0) is 20.9 Å². The maximum absolute atomic E-state index is 12.8. The van der Waals surface area contributed by atoms with Gasteiger partial charge >= 0.3 is 12.2 Å². The zero-order valence-electron chi connectivity index (χ0n) is 22.7. The van der Waals surface area contributed by atoms with Crippen LogP contribution in [-0.4, -0.2) is 59.7 Å². The summed E-state index contributed by atoms with van der Waals surface area (Å²) in [4.78, 5) is 41.0. The van der Waals surface area contributed by atoms with Gasteiger partial charge in [0.25, 0.3) is 0 Å². The number of rotatable bonds is 5. The molecule has 2 saturated heterocycles. The zero-order chi connectivity index (χ0) is 27.1. The van der Waals surface area contributed by atoms with Crippen molar-refractivity contribution in [2.45, 2.75) is 64.6 Å². The second-order valence-corrected chi connectivity index (χ2v) is 11.2. The fraction of sp³-hybridized carbons (Fsp3) is 0.500. The SMILES string of the molecule is CC(C)(C)OC(=O)N1CCC(c2ccc(NC(=O)C3CCN(C(=O)OCc4ccccc4)CC3)cc2)CC1. The lowest BCUT2D eigenvalue weighted by Gasteiger charge is -2.33. The van der Waals surface area contributed by atoms with E-state index >= 15 is 0 Å². The summed E-state index contributed by atoms with van der Waals surface area (Å²) in [6.45, 7) is 8.26. The predicted molar refractivity (Wildman–Crippen MR) is 146 cm³/mol. The van der Waals surface area contributed by atoms with E-state index in [4.69, 9.17) is 9.47 Å². The fourth-order valence-electron chi connectivity index (χ4n) is 4.94. The van der Waals surface area contributed by atoms with E-state index in [9.17, 15) is 14.4 Å². The summed E-state index contributed by atoms with van der Waals surface area (Å²) < 4.78 is 10.9. The van der Waals surface area contributed by atoms with Gasteiger partial charge in [0.15, 0.2) is 0 Å². The number of hydrogen-bond donors (Lipinski definition) is 1. The van der Waals surface area contributed by atoms with Crippen molar-refractivity contribution in [3.8, 4) is 0 Å². The molecule has 3 amide bonds. The zero-order valence-corrected chi connectivity index (χ0v) is 22.7. The van der Waals surface area contributed by atoms with E-state index in [0.717, 1.165) is 24.1 Å². The van der Waals surface area contributed by atoms with Gasteiger partial charge in [-0.3, -0.25) is 4.79 Å². The molecular formula is C30H39N3O5. The molecule has 0 unspecified atom stereocenters. The first kappa shape index (κ1) is 27.5. The van der Waals surface area contributed by atoms with Crippen molar-refractivity contribution in [3.05, 3.63) is 65.7 Å². The van der Waals surface area contributed by atoms with Crippen LogP contribution in [0.25, 0.3) is 0 Å². The number of nitrogens with one attached hydrogen (secondary N) is 1. The number of piperidine rings is 2. The maximum atomic E-state index is 12.8. The third-order valence-electron chi connectivity index (χ3n) is 7.13. The molecule has 2 aromatic carbocycles. The van der Waals surface area contributed by atoms with E-state index in [0.29, 0.717) is 44.9 Å². The van der Waals surface area contributed by atoms with Crippen molar-refractivity contribution in [2.75, 3.05) is 31.5 Å². The number of anilines is 1. The number of ether oxygens (including phenoxy) is 2. The van der Waals surface area contributed by atoms with Crippen LogP contribution in [0.2, 0.25) is 0 Å². The molecule has 2 heterocycles. The Bertz CT molecular complexity index is 1080. The second-order valence-electron chi connectivity index (χ2n) is 11.2. The molecule has 204 valence electrons. The molecule has 0 aromatic heterocycles. The molecule has 8 nitrogen and oxygen atoms in total. The quantitative estimate of drug-likeness (QED) is 0.538. The first-order valence-electron chi connectivity index (χ1n) is 13.5. The Kier molecular flexibility index (Phi) is 8.92. The van der Waals surface area contributed by atoms with Crippen molar-refractivity contribution in [1.82, 2.24) is 9.80 Å². The normalized spacial score (nSPS) is 17.1. The molecule has 2 aliphatic heterocycles. The number of amides is 3. The van der Waals surface area contributed by atoms with Gasteiger partial charge in [0, 0.05) is 37.8 Å². The minimum absolute atomic E-state index is 0.0132. The fourth-order valence-corrected chi connectivity index (χ4v) is 4.94. The number of hydrogen-bond acceptors (Lipinski definition) is 5. The van der Waals surface area contributed by atoms with E-state index in [1.54, 1.807) is 9.80 Å². The molecule has 0 aliphatic carbocycles.